The lowest BCUT2D eigenvalue weighted by molar-refractivity contribution is -0.137. The second-order valence-electron chi connectivity index (χ2n) is 4.21. The number of amides is 2. The number of para-hydroxylation sites is 1. The average molecular weight is 294 g/mol. The summed E-state index contributed by atoms with van der Waals surface area (Å²) >= 11 is 0. The van der Waals surface area contributed by atoms with Gasteiger partial charge in [-0.3, -0.25) is 14.4 Å². The topological polar surface area (TPSA) is 105 Å². The van der Waals surface area contributed by atoms with E-state index in [4.69, 9.17) is 9.84 Å². The summed E-state index contributed by atoms with van der Waals surface area (Å²) in [6.45, 7) is -0.284. The molecule has 21 heavy (non-hydrogen) atoms. The molecule has 0 aliphatic carbocycles. The summed E-state index contributed by atoms with van der Waals surface area (Å²) in [6, 6.07) is 9.25. The van der Waals surface area contributed by atoms with Crippen molar-refractivity contribution in [3.63, 3.8) is 0 Å². The first kappa shape index (κ1) is 16.5. The van der Waals surface area contributed by atoms with E-state index in [-0.39, 0.29) is 18.9 Å². The van der Waals surface area contributed by atoms with Gasteiger partial charge in [-0.2, -0.15) is 0 Å². The minimum Gasteiger partial charge on any atom is -0.494 e. The molecule has 3 N–H and O–H groups in total. The Morgan fingerprint density at radius 1 is 1.00 bits per heavy atom. The molecule has 0 saturated carbocycles. The van der Waals surface area contributed by atoms with Crippen LogP contribution in [0.2, 0.25) is 0 Å². The monoisotopic (exact) mass is 294 g/mol. The van der Waals surface area contributed by atoms with Gasteiger partial charge in [0.05, 0.1) is 13.2 Å². The lowest BCUT2D eigenvalue weighted by Crippen LogP contribution is -2.39. The highest BCUT2D eigenvalue weighted by atomic mass is 16.5. The zero-order chi connectivity index (χ0) is 15.5. The Kier molecular flexibility index (Phi) is 7.34. The van der Waals surface area contributed by atoms with Gasteiger partial charge in [0.25, 0.3) is 0 Å². The molecule has 114 valence electrons. The highest BCUT2D eigenvalue weighted by Crippen LogP contribution is 2.08. The zero-order valence-corrected chi connectivity index (χ0v) is 11.5. The van der Waals surface area contributed by atoms with E-state index in [1.54, 1.807) is 0 Å². The fraction of sp³-hybridized carbons (Fsp3) is 0.357. The first-order valence-corrected chi connectivity index (χ1v) is 6.51. The third-order valence-corrected chi connectivity index (χ3v) is 2.44. The van der Waals surface area contributed by atoms with Gasteiger partial charge in [-0.25, -0.2) is 0 Å². The maximum Gasteiger partial charge on any atom is 0.322 e. The van der Waals surface area contributed by atoms with Crippen molar-refractivity contribution in [1.29, 1.82) is 0 Å². The molecule has 0 aromatic heterocycles. The van der Waals surface area contributed by atoms with Crippen LogP contribution >= 0.6 is 0 Å². The van der Waals surface area contributed by atoms with E-state index in [1.165, 1.54) is 0 Å². The van der Waals surface area contributed by atoms with Gasteiger partial charge < -0.3 is 20.5 Å². The molecule has 0 radical (unpaired) electrons. The van der Waals surface area contributed by atoms with Crippen LogP contribution in [0.3, 0.4) is 0 Å². The van der Waals surface area contributed by atoms with Crippen molar-refractivity contribution in [1.82, 2.24) is 10.6 Å². The molecule has 1 aromatic carbocycles. The van der Waals surface area contributed by atoms with Crippen molar-refractivity contribution in [3.05, 3.63) is 30.3 Å². The van der Waals surface area contributed by atoms with Gasteiger partial charge in [-0.1, -0.05) is 18.2 Å². The van der Waals surface area contributed by atoms with Crippen molar-refractivity contribution >= 4 is 17.8 Å². The van der Waals surface area contributed by atoms with E-state index < -0.39 is 18.4 Å². The van der Waals surface area contributed by atoms with Crippen LogP contribution in [-0.2, 0) is 14.4 Å². The third kappa shape index (κ3) is 8.25. The predicted octanol–water partition coefficient (Wildman–Crippen LogP) is 0.163. The largest absolute Gasteiger partial charge is 0.494 e. The number of aliphatic carboxylic acids is 1. The number of carbonyl (C=O) groups excluding carboxylic acids is 2. The summed E-state index contributed by atoms with van der Waals surface area (Å²) in [5.74, 6) is -1.21. The van der Waals surface area contributed by atoms with Crippen molar-refractivity contribution in [2.24, 2.45) is 0 Å². The number of carbonyl (C=O) groups is 3. The Labute approximate surface area is 122 Å². The number of ether oxygens (including phenoxy) is 1. The van der Waals surface area contributed by atoms with Crippen LogP contribution in [0, 0.1) is 0 Å². The smallest absolute Gasteiger partial charge is 0.322 e. The van der Waals surface area contributed by atoms with Gasteiger partial charge in [0.1, 0.15) is 12.3 Å². The van der Waals surface area contributed by atoms with Crippen molar-refractivity contribution in [2.75, 3.05) is 19.7 Å². The van der Waals surface area contributed by atoms with Crippen LogP contribution in [-0.4, -0.2) is 42.6 Å². The molecule has 0 spiro atoms. The summed E-state index contributed by atoms with van der Waals surface area (Å²) in [7, 11) is 0. The Balaban J connectivity index is 2.06. The number of carboxylic acids is 1. The summed E-state index contributed by atoms with van der Waals surface area (Å²) in [5, 5.41) is 12.9. The maximum atomic E-state index is 11.4. The minimum absolute atomic E-state index is 0.231. The predicted molar refractivity (Wildman–Crippen MR) is 74.8 cm³/mol. The van der Waals surface area contributed by atoms with E-state index in [0.29, 0.717) is 13.0 Å². The maximum absolute atomic E-state index is 11.4. The standard InChI is InChI=1S/C14H18N2O5/c17-12(15-9-13(18)16-10-14(19)20)7-4-8-21-11-5-2-1-3-6-11/h1-3,5-6H,4,7-10H2,(H,15,17)(H,16,18)(H,19,20). The Bertz CT molecular complexity index is 476. The molecule has 0 unspecified atom stereocenters. The quantitative estimate of drug-likeness (QED) is 0.563. The van der Waals surface area contributed by atoms with Crippen LogP contribution < -0.4 is 15.4 Å². The van der Waals surface area contributed by atoms with E-state index >= 15 is 0 Å². The molecule has 0 aliphatic heterocycles. The molecule has 0 aliphatic rings. The summed E-state index contributed by atoms with van der Waals surface area (Å²) in [4.78, 5) is 32.8. The molecule has 1 rings (SSSR count). The van der Waals surface area contributed by atoms with Crippen LogP contribution in [0.15, 0.2) is 30.3 Å². The Morgan fingerprint density at radius 3 is 2.33 bits per heavy atom. The fourth-order valence-electron chi connectivity index (χ4n) is 1.44. The lowest BCUT2D eigenvalue weighted by Gasteiger charge is -2.07. The summed E-state index contributed by atoms with van der Waals surface area (Å²) in [6.07, 6.45) is 0.760. The highest BCUT2D eigenvalue weighted by molar-refractivity contribution is 5.86. The first-order chi connectivity index (χ1) is 10.1. The molecule has 7 nitrogen and oxygen atoms in total. The van der Waals surface area contributed by atoms with Crippen molar-refractivity contribution in [2.45, 2.75) is 12.8 Å². The van der Waals surface area contributed by atoms with Gasteiger partial charge in [-0.15, -0.1) is 0 Å². The Hall–Kier alpha value is -2.57. The number of hydrogen-bond donors (Lipinski definition) is 3. The van der Waals surface area contributed by atoms with Gasteiger partial charge in [0.2, 0.25) is 11.8 Å². The van der Waals surface area contributed by atoms with Crippen molar-refractivity contribution in [3.8, 4) is 5.75 Å². The van der Waals surface area contributed by atoms with Crippen LogP contribution in [0.25, 0.3) is 0 Å². The highest BCUT2D eigenvalue weighted by Gasteiger charge is 2.06. The number of rotatable bonds is 9. The number of nitrogens with one attached hydrogen (secondary N) is 2. The number of carboxylic acid groups (broad SMARTS) is 1. The summed E-state index contributed by atoms with van der Waals surface area (Å²) < 4.78 is 5.42. The molecule has 2 amide bonds. The molecule has 0 bridgehead atoms. The first-order valence-electron chi connectivity index (χ1n) is 6.51. The lowest BCUT2D eigenvalue weighted by atomic mass is 10.3. The normalized spacial score (nSPS) is 9.71. The second kappa shape index (κ2) is 9.35. The van der Waals surface area contributed by atoms with Crippen molar-refractivity contribution < 1.29 is 24.2 Å². The van der Waals surface area contributed by atoms with Crippen LogP contribution in [0.4, 0.5) is 0 Å². The fourth-order valence-corrected chi connectivity index (χ4v) is 1.44. The van der Waals surface area contributed by atoms with Gasteiger partial charge in [0, 0.05) is 6.42 Å². The molecule has 7 heteroatoms. The van der Waals surface area contributed by atoms with Gasteiger partial charge in [-0.05, 0) is 18.6 Å². The number of benzene rings is 1. The zero-order valence-electron chi connectivity index (χ0n) is 11.5. The Morgan fingerprint density at radius 2 is 1.67 bits per heavy atom. The molecule has 0 atom stereocenters. The average Bonchev–Trinajstić information content (AvgIpc) is 2.48. The molecular weight excluding hydrogens is 276 g/mol. The second-order valence-corrected chi connectivity index (χ2v) is 4.21. The molecular formula is C14H18N2O5. The minimum atomic E-state index is -1.13. The molecule has 0 fully saturated rings. The van der Waals surface area contributed by atoms with Gasteiger partial charge >= 0.3 is 5.97 Å². The van der Waals surface area contributed by atoms with E-state index in [2.05, 4.69) is 10.6 Å². The molecule has 0 saturated heterocycles. The van der Waals surface area contributed by atoms with E-state index in [0.717, 1.165) is 5.75 Å². The van der Waals surface area contributed by atoms with E-state index in [1.807, 2.05) is 30.3 Å². The number of hydrogen-bond acceptors (Lipinski definition) is 4. The van der Waals surface area contributed by atoms with Gasteiger partial charge in [0.15, 0.2) is 0 Å². The van der Waals surface area contributed by atoms with E-state index in [9.17, 15) is 14.4 Å². The third-order valence-electron chi connectivity index (χ3n) is 2.44. The SMILES string of the molecule is O=C(O)CNC(=O)CNC(=O)CCCOc1ccccc1. The molecule has 1 aromatic rings. The molecule has 0 heterocycles. The summed E-state index contributed by atoms with van der Waals surface area (Å²) in [5.41, 5.74) is 0. The van der Waals surface area contributed by atoms with Crippen LogP contribution in [0.5, 0.6) is 5.75 Å². The van der Waals surface area contributed by atoms with Crippen LogP contribution in [0.1, 0.15) is 12.8 Å².